The molecular weight excluding hydrogens is 258 g/mol. The molecule has 2 fully saturated rings. The summed E-state index contributed by atoms with van der Waals surface area (Å²) in [6, 6.07) is 8.85. The van der Waals surface area contributed by atoms with Crippen LogP contribution in [0.2, 0.25) is 0 Å². The van der Waals surface area contributed by atoms with Crippen molar-refractivity contribution in [2.24, 2.45) is 5.92 Å². The highest BCUT2D eigenvalue weighted by Crippen LogP contribution is 2.33. The van der Waals surface area contributed by atoms with Gasteiger partial charge in [0.2, 0.25) is 0 Å². The summed E-state index contributed by atoms with van der Waals surface area (Å²) in [5.41, 5.74) is 1.64. The summed E-state index contributed by atoms with van der Waals surface area (Å²) in [7, 11) is 0. The first-order valence-electron chi connectivity index (χ1n) is 7.02. The van der Waals surface area contributed by atoms with E-state index in [1.807, 2.05) is 11.8 Å². The Bertz CT molecular complexity index is 403. The minimum absolute atomic E-state index is 0.337. The second-order valence-corrected chi connectivity index (χ2v) is 6.55. The molecule has 2 saturated heterocycles. The van der Waals surface area contributed by atoms with E-state index in [0.717, 1.165) is 39.3 Å². The minimum Gasteiger partial charge on any atom is -0.378 e. The van der Waals surface area contributed by atoms with E-state index in [9.17, 15) is 0 Å². The third kappa shape index (κ3) is 3.44. The average Bonchev–Trinajstić information content (AvgIpc) is 2.86. The monoisotopic (exact) mass is 279 g/mol. The van der Waals surface area contributed by atoms with E-state index in [0.29, 0.717) is 11.4 Å². The van der Waals surface area contributed by atoms with Crippen LogP contribution in [0.5, 0.6) is 0 Å². The summed E-state index contributed by atoms with van der Waals surface area (Å²) < 4.78 is 11.1. The SMILES string of the molecule is C[C@H]1COC(Sc2ccc(N3CCOCC3)cc2)C1. The number of morpholine rings is 1. The van der Waals surface area contributed by atoms with Gasteiger partial charge in [-0.25, -0.2) is 0 Å². The predicted octanol–water partition coefficient (Wildman–Crippen LogP) is 3.00. The lowest BCUT2D eigenvalue weighted by atomic mass is 10.2. The van der Waals surface area contributed by atoms with Crippen LogP contribution in [-0.2, 0) is 9.47 Å². The van der Waals surface area contributed by atoms with Gasteiger partial charge in [-0.05, 0) is 36.6 Å². The van der Waals surface area contributed by atoms with Gasteiger partial charge in [0, 0.05) is 23.7 Å². The van der Waals surface area contributed by atoms with Crippen LogP contribution in [0, 0.1) is 5.92 Å². The van der Waals surface area contributed by atoms with E-state index < -0.39 is 0 Å². The first-order chi connectivity index (χ1) is 9.31. The first-order valence-corrected chi connectivity index (χ1v) is 7.90. The summed E-state index contributed by atoms with van der Waals surface area (Å²) in [4.78, 5) is 3.68. The number of nitrogens with zero attached hydrogens (tertiary/aromatic N) is 1. The topological polar surface area (TPSA) is 21.7 Å². The van der Waals surface area contributed by atoms with Gasteiger partial charge in [0.05, 0.1) is 19.8 Å². The molecule has 2 aliphatic rings. The Labute approximate surface area is 119 Å². The Hall–Kier alpha value is -0.710. The van der Waals surface area contributed by atoms with E-state index in [2.05, 4.69) is 36.1 Å². The highest BCUT2D eigenvalue weighted by Gasteiger charge is 2.22. The van der Waals surface area contributed by atoms with Crippen molar-refractivity contribution in [3.05, 3.63) is 24.3 Å². The Balaban J connectivity index is 1.59. The van der Waals surface area contributed by atoms with Crippen molar-refractivity contribution in [3.63, 3.8) is 0 Å². The normalized spacial score (nSPS) is 27.7. The van der Waals surface area contributed by atoms with Crippen molar-refractivity contribution in [1.82, 2.24) is 0 Å². The third-order valence-electron chi connectivity index (χ3n) is 3.64. The molecule has 0 aromatic heterocycles. The van der Waals surface area contributed by atoms with Crippen LogP contribution < -0.4 is 4.90 Å². The zero-order chi connectivity index (χ0) is 13.1. The zero-order valence-corrected chi connectivity index (χ0v) is 12.2. The van der Waals surface area contributed by atoms with Crippen LogP contribution in [0.1, 0.15) is 13.3 Å². The lowest BCUT2D eigenvalue weighted by molar-refractivity contribution is 0.122. The summed E-state index contributed by atoms with van der Waals surface area (Å²) in [5.74, 6) is 0.699. The molecule has 1 aromatic carbocycles. The number of thioether (sulfide) groups is 1. The van der Waals surface area contributed by atoms with Gasteiger partial charge in [-0.1, -0.05) is 18.7 Å². The van der Waals surface area contributed by atoms with Crippen LogP contribution >= 0.6 is 11.8 Å². The smallest absolute Gasteiger partial charge is 0.108 e. The number of ether oxygens (including phenoxy) is 2. The minimum atomic E-state index is 0.337. The number of benzene rings is 1. The summed E-state index contributed by atoms with van der Waals surface area (Å²) >= 11 is 1.84. The Kier molecular flexibility index (Phi) is 4.31. The fourth-order valence-electron chi connectivity index (χ4n) is 2.53. The van der Waals surface area contributed by atoms with Gasteiger partial charge in [0.15, 0.2) is 0 Å². The lowest BCUT2D eigenvalue weighted by Crippen LogP contribution is -2.36. The molecule has 3 nitrogen and oxygen atoms in total. The fraction of sp³-hybridized carbons (Fsp3) is 0.600. The molecule has 1 unspecified atom stereocenters. The number of hydrogen-bond donors (Lipinski definition) is 0. The highest BCUT2D eigenvalue weighted by atomic mass is 32.2. The number of rotatable bonds is 3. The van der Waals surface area contributed by atoms with Crippen molar-refractivity contribution < 1.29 is 9.47 Å². The van der Waals surface area contributed by atoms with Gasteiger partial charge in [0.25, 0.3) is 0 Å². The van der Waals surface area contributed by atoms with E-state index in [4.69, 9.17) is 9.47 Å². The standard InChI is InChI=1S/C15H21NO2S/c1-12-10-15(18-11-12)19-14-4-2-13(3-5-14)16-6-8-17-9-7-16/h2-5,12,15H,6-11H2,1H3/t12-,15?/m1/s1. The van der Waals surface area contributed by atoms with Gasteiger partial charge in [0.1, 0.15) is 5.44 Å². The zero-order valence-electron chi connectivity index (χ0n) is 11.4. The fourth-order valence-corrected chi connectivity index (χ4v) is 3.70. The number of anilines is 1. The summed E-state index contributed by atoms with van der Waals surface area (Å²) in [6.07, 6.45) is 1.16. The van der Waals surface area contributed by atoms with Crippen LogP contribution in [0.4, 0.5) is 5.69 Å². The Morgan fingerprint density at radius 2 is 1.89 bits per heavy atom. The van der Waals surface area contributed by atoms with E-state index in [1.165, 1.54) is 10.6 Å². The van der Waals surface area contributed by atoms with Gasteiger partial charge >= 0.3 is 0 Å². The summed E-state index contributed by atoms with van der Waals surface area (Å²) in [6.45, 7) is 6.83. The molecule has 19 heavy (non-hydrogen) atoms. The first kappa shape index (κ1) is 13.3. The van der Waals surface area contributed by atoms with Crippen molar-refractivity contribution >= 4 is 17.4 Å². The van der Waals surface area contributed by atoms with Crippen molar-refractivity contribution in [2.45, 2.75) is 23.7 Å². The molecule has 0 spiro atoms. The van der Waals surface area contributed by atoms with Gasteiger partial charge in [-0.15, -0.1) is 0 Å². The molecule has 4 heteroatoms. The molecule has 2 atom stereocenters. The number of hydrogen-bond acceptors (Lipinski definition) is 4. The lowest BCUT2D eigenvalue weighted by Gasteiger charge is -2.28. The van der Waals surface area contributed by atoms with Gasteiger partial charge in [-0.2, -0.15) is 0 Å². The highest BCUT2D eigenvalue weighted by molar-refractivity contribution is 7.99. The second kappa shape index (κ2) is 6.16. The molecule has 2 heterocycles. The largest absolute Gasteiger partial charge is 0.378 e. The molecule has 0 saturated carbocycles. The molecule has 0 bridgehead atoms. The van der Waals surface area contributed by atoms with Crippen LogP contribution in [0.15, 0.2) is 29.2 Å². The molecule has 0 aliphatic carbocycles. The molecule has 104 valence electrons. The molecule has 0 N–H and O–H groups in total. The van der Waals surface area contributed by atoms with E-state index >= 15 is 0 Å². The van der Waals surface area contributed by atoms with Crippen molar-refractivity contribution in [3.8, 4) is 0 Å². The van der Waals surface area contributed by atoms with Crippen LogP contribution in [0.25, 0.3) is 0 Å². The molecular formula is C15H21NO2S. The average molecular weight is 279 g/mol. The Morgan fingerprint density at radius 3 is 2.53 bits per heavy atom. The summed E-state index contributed by atoms with van der Waals surface area (Å²) in [5, 5.41) is 0. The van der Waals surface area contributed by atoms with Crippen LogP contribution in [0.3, 0.4) is 0 Å². The molecule has 0 amide bonds. The quantitative estimate of drug-likeness (QED) is 0.848. The molecule has 3 rings (SSSR count). The maximum atomic E-state index is 5.75. The molecule has 1 aromatic rings. The predicted molar refractivity (Wildman–Crippen MR) is 78.9 cm³/mol. The maximum Gasteiger partial charge on any atom is 0.108 e. The van der Waals surface area contributed by atoms with Gasteiger partial charge in [-0.3, -0.25) is 0 Å². The van der Waals surface area contributed by atoms with Crippen molar-refractivity contribution in [2.75, 3.05) is 37.8 Å². The van der Waals surface area contributed by atoms with E-state index in [1.54, 1.807) is 0 Å². The Morgan fingerprint density at radius 1 is 1.16 bits per heavy atom. The molecule has 2 aliphatic heterocycles. The second-order valence-electron chi connectivity index (χ2n) is 5.31. The van der Waals surface area contributed by atoms with Gasteiger partial charge < -0.3 is 14.4 Å². The van der Waals surface area contributed by atoms with Crippen molar-refractivity contribution in [1.29, 1.82) is 0 Å². The maximum absolute atomic E-state index is 5.75. The molecule has 0 radical (unpaired) electrons. The van der Waals surface area contributed by atoms with Crippen LogP contribution in [-0.4, -0.2) is 38.3 Å². The third-order valence-corrected chi connectivity index (χ3v) is 4.78. The van der Waals surface area contributed by atoms with E-state index in [-0.39, 0.29) is 0 Å².